The molecule has 0 bridgehead atoms. The van der Waals surface area contributed by atoms with Crippen LogP contribution in [0.1, 0.15) is 46.5 Å². The normalized spacial score (nSPS) is 19.9. The van der Waals surface area contributed by atoms with Crippen LogP contribution >= 0.6 is 11.6 Å². The number of ketones is 1. The van der Waals surface area contributed by atoms with E-state index in [1.165, 1.54) is 0 Å². The zero-order valence-corrected chi connectivity index (χ0v) is 15.4. The van der Waals surface area contributed by atoms with Gasteiger partial charge in [-0.25, -0.2) is 4.79 Å². The van der Waals surface area contributed by atoms with Crippen LogP contribution in [0.5, 0.6) is 0 Å². The van der Waals surface area contributed by atoms with Gasteiger partial charge in [-0.3, -0.25) is 4.79 Å². The first-order valence-electron chi connectivity index (χ1n) is 8.53. The van der Waals surface area contributed by atoms with Crippen LogP contribution in [-0.2, 0) is 9.53 Å². The maximum atomic E-state index is 12.8. The maximum Gasteiger partial charge on any atom is 0.410 e. The first kappa shape index (κ1) is 18.8. The lowest BCUT2D eigenvalue weighted by Crippen LogP contribution is -2.43. The molecule has 0 unspecified atom stereocenters. The number of hydrogen-bond acceptors (Lipinski definition) is 3. The summed E-state index contributed by atoms with van der Waals surface area (Å²) < 4.78 is 5.39. The van der Waals surface area contributed by atoms with E-state index in [0.717, 1.165) is 12.8 Å². The van der Waals surface area contributed by atoms with Gasteiger partial charge in [-0.15, -0.1) is 0 Å². The Bertz CT molecular complexity index is 576. The number of nitrogens with zero attached hydrogens (tertiary/aromatic N) is 1. The third-order valence-electron chi connectivity index (χ3n) is 4.10. The quantitative estimate of drug-likeness (QED) is 0.730. The molecule has 1 saturated heterocycles. The van der Waals surface area contributed by atoms with Crippen molar-refractivity contribution in [1.82, 2.24) is 4.90 Å². The Morgan fingerprint density at radius 3 is 2.50 bits per heavy atom. The number of carbonyl (C=O) groups excluding carboxylic acids is 2. The molecule has 2 aliphatic rings. The summed E-state index contributed by atoms with van der Waals surface area (Å²) >= 11 is 6.28. The van der Waals surface area contributed by atoms with Crippen molar-refractivity contribution in [3.8, 4) is 0 Å². The molecule has 1 heterocycles. The SMILES string of the molecule is CC(C)(C)OC(=O)N1CCC(C(=O)C2=CC=CCCC=C2Cl)CC1. The van der Waals surface area contributed by atoms with Crippen molar-refractivity contribution in [3.63, 3.8) is 0 Å². The van der Waals surface area contributed by atoms with E-state index in [0.29, 0.717) is 36.5 Å². The Hall–Kier alpha value is -1.55. The van der Waals surface area contributed by atoms with Gasteiger partial charge in [0.25, 0.3) is 0 Å². The molecule has 4 nitrogen and oxygen atoms in total. The Morgan fingerprint density at radius 2 is 1.88 bits per heavy atom. The third kappa shape index (κ3) is 5.23. The molecule has 5 heteroatoms. The van der Waals surface area contributed by atoms with Gasteiger partial charge in [-0.05, 0) is 46.5 Å². The topological polar surface area (TPSA) is 46.6 Å². The molecule has 24 heavy (non-hydrogen) atoms. The molecule has 1 aliphatic heterocycles. The Balaban J connectivity index is 1.96. The molecule has 0 saturated carbocycles. The highest BCUT2D eigenvalue weighted by atomic mass is 35.5. The van der Waals surface area contributed by atoms with E-state index in [2.05, 4.69) is 0 Å². The third-order valence-corrected chi connectivity index (χ3v) is 4.45. The van der Waals surface area contributed by atoms with Crippen molar-refractivity contribution in [1.29, 1.82) is 0 Å². The van der Waals surface area contributed by atoms with Crippen LogP contribution in [-0.4, -0.2) is 35.5 Å². The van der Waals surface area contributed by atoms with Gasteiger partial charge in [0.05, 0.1) is 0 Å². The number of carbonyl (C=O) groups is 2. The molecule has 1 fully saturated rings. The first-order valence-corrected chi connectivity index (χ1v) is 8.91. The molecule has 1 aliphatic carbocycles. The molecule has 0 aromatic rings. The Labute approximate surface area is 149 Å². The van der Waals surface area contributed by atoms with Crippen LogP contribution in [0.15, 0.2) is 34.9 Å². The standard InChI is InChI=1S/C19H26ClNO3/c1-19(2,3)24-18(23)21-12-10-14(11-13-21)17(22)15-8-6-4-5-7-9-16(15)20/h4,6,8-9,14H,5,7,10-13H2,1-3H3. The van der Waals surface area contributed by atoms with Crippen LogP contribution in [0.25, 0.3) is 0 Å². The molecule has 0 spiro atoms. The van der Waals surface area contributed by atoms with Crippen molar-refractivity contribution >= 4 is 23.5 Å². The number of Topliss-reactive ketones (excluding diaryl/α,β-unsaturated/α-hetero) is 1. The lowest BCUT2D eigenvalue weighted by Gasteiger charge is -2.33. The van der Waals surface area contributed by atoms with Crippen molar-refractivity contribution in [2.45, 2.75) is 52.1 Å². The number of piperidine rings is 1. The van der Waals surface area contributed by atoms with Crippen LogP contribution < -0.4 is 0 Å². The van der Waals surface area contributed by atoms with E-state index in [1.807, 2.05) is 39.0 Å². The summed E-state index contributed by atoms with van der Waals surface area (Å²) in [5.41, 5.74) is 0.0845. The molecule has 0 radical (unpaired) electrons. The van der Waals surface area contributed by atoms with E-state index in [9.17, 15) is 9.59 Å². The summed E-state index contributed by atoms with van der Waals surface area (Å²) in [6, 6.07) is 0. The Morgan fingerprint density at radius 1 is 1.21 bits per heavy atom. The molecule has 1 amide bonds. The van der Waals surface area contributed by atoms with Crippen molar-refractivity contribution in [2.75, 3.05) is 13.1 Å². The molecule has 0 atom stereocenters. The van der Waals surface area contributed by atoms with Gasteiger partial charge in [0.1, 0.15) is 5.60 Å². The second-order valence-electron chi connectivity index (χ2n) is 7.24. The average molecular weight is 352 g/mol. The molecule has 132 valence electrons. The minimum absolute atomic E-state index is 0.0756. The van der Waals surface area contributed by atoms with E-state index < -0.39 is 5.60 Å². The van der Waals surface area contributed by atoms with Gasteiger partial charge in [0, 0.05) is 29.6 Å². The van der Waals surface area contributed by atoms with Crippen LogP contribution in [0.3, 0.4) is 0 Å². The average Bonchev–Trinajstić information content (AvgIpc) is 2.49. The number of ether oxygens (including phenoxy) is 1. The van der Waals surface area contributed by atoms with Crippen LogP contribution in [0.4, 0.5) is 4.79 Å². The number of rotatable bonds is 2. The second kappa shape index (κ2) is 8.02. The predicted molar refractivity (Wildman–Crippen MR) is 95.9 cm³/mol. The van der Waals surface area contributed by atoms with Crippen molar-refractivity contribution in [2.24, 2.45) is 5.92 Å². The van der Waals surface area contributed by atoms with Crippen LogP contribution in [0.2, 0.25) is 0 Å². The fourth-order valence-electron chi connectivity index (χ4n) is 2.83. The fraction of sp³-hybridized carbons (Fsp3) is 0.579. The highest BCUT2D eigenvalue weighted by Gasteiger charge is 2.31. The number of amides is 1. The van der Waals surface area contributed by atoms with Gasteiger partial charge in [0.15, 0.2) is 5.78 Å². The molecule has 0 aromatic heterocycles. The molecule has 2 rings (SSSR count). The summed E-state index contributed by atoms with van der Waals surface area (Å²) in [5, 5.41) is 0.541. The van der Waals surface area contributed by atoms with Gasteiger partial charge < -0.3 is 9.64 Å². The number of hydrogen-bond donors (Lipinski definition) is 0. The van der Waals surface area contributed by atoms with E-state index >= 15 is 0 Å². The van der Waals surface area contributed by atoms with E-state index in [-0.39, 0.29) is 17.8 Å². The summed E-state index contributed by atoms with van der Waals surface area (Å²) in [4.78, 5) is 26.5. The summed E-state index contributed by atoms with van der Waals surface area (Å²) in [6.07, 6.45) is 10.4. The largest absolute Gasteiger partial charge is 0.444 e. The lowest BCUT2D eigenvalue weighted by molar-refractivity contribution is -0.120. The smallest absolute Gasteiger partial charge is 0.410 e. The molecule has 0 N–H and O–H groups in total. The monoisotopic (exact) mass is 351 g/mol. The summed E-state index contributed by atoms with van der Waals surface area (Å²) in [5.74, 6) is -0.0171. The first-order chi connectivity index (χ1) is 11.3. The van der Waals surface area contributed by atoms with Crippen LogP contribution in [0, 0.1) is 5.92 Å². The highest BCUT2D eigenvalue weighted by molar-refractivity contribution is 6.35. The zero-order valence-electron chi connectivity index (χ0n) is 14.7. The Kier molecular flexibility index (Phi) is 6.27. The van der Waals surface area contributed by atoms with Crippen molar-refractivity contribution in [3.05, 3.63) is 34.9 Å². The molecule has 0 aromatic carbocycles. The second-order valence-corrected chi connectivity index (χ2v) is 7.65. The van der Waals surface area contributed by atoms with E-state index in [4.69, 9.17) is 16.3 Å². The minimum atomic E-state index is -0.502. The zero-order chi connectivity index (χ0) is 17.7. The molecular formula is C19H26ClNO3. The number of allylic oxidation sites excluding steroid dienone is 6. The lowest BCUT2D eigenvalue weighted by atomic mass is 9.88. The van der Waals surface area contributed by atoms with E-state index in [1.54, 1.807) is 11.0 Å². The number of likely N-dealkylation sites (tertiary alicyclic amines) is 1. The van der Waals surface area contributed by atoms with Gasteiger partial charge in [0.2, 0.25) is 0 Å². The maximum absolute atomic E-state index is 12.8. The summed E-state index contributed by atoms with van der Waals surface area (Å²) in [7, 11) is 0. The van der Waals surface area contributed by atoms with Gasteiger partial charge >= 0.3 is 6.09 Å². The highest BCUT2D eigenvalue weighted by Crippen LogP contribution is 2.28. The number of halogens is 1. The predicted octanol–water partition coefficient (Wildman–Crippen LogP) is 4.60. The molecular weight excluding hydrogens is 326 g/mol. The van der Waals surface area contributed by atoms with Gasteiger partial charge in [-0.2, -0.15) is 0 Å². The minimum Gasteiger partial charge on any atom is -0.444 e. The van der Waals surface area contributed by atoms with Gasteiger partial charge in [-0.1, -0.05) is 35.9 Å². The summed E-state index contributed by atoms with van der Waals surface area (Å²) in [6.45, 7) is 6.63. The van der Waals surface area contributed by atoms with Crippen molar-refractivity contribution < 1.29 is 14.3 Å². The fourth-order valence-corrected chi connectivity index (χ4v) is 3.09.